The Morgan fingerprint density at radius 2 is 1.76 bits per heavy atom. The summed E-state index contributed by atoms with van der Waals surface area (Å²) >= 11 is 0. The van der Waals surface area contributed by atoms with Crippen molar-refractivity contribution in [2.45, 2.75) is 64.8 Å². The van der Waals surface area contributed by atoms with Crippen molar-refractivity contribution in [3.63, 3.8) is 0 Å². The van der Waals surface area contributed by atoms with E-state index >= 15 is 0 Å². The summed E-state index contributed by atoms with van der Waals surface area (Å²) in [5, 5.41) is 2.41. The summed E-state index contributed by atoms with van der Waals surface area (Å²) in [6, 6.07) is -0.227. The summed E-state index contributed by atoms with van der Waals surface area (Å²) in [7, 11) is 0. The monoisotopic (exact) mass is 240 g/mol. The molecule has 1 atom stereocenters. The quantitative estimate of drug-likeness (QED) is 0.549. The number of unbranched alkanes of at least 4 members (excludes halogenated alkanes) is 4. The minimum atomic E-state index is -0.637. The minimum Gasteiger partial charge on any atom is -0.310 e. The van der Waals surface area contributed by atoms with Crippen LogP contribution in [0.25, 0.3) is 0 Å². The summed E-state index contributed by atoms with van der Waals surface area (Å²) < 4.78 is 0. The molecule has 0 saturated carbocycles. The molecule has 0 aromatic heterocycles. The van der Waals surface area contributed by atoms with E-state index in [9.17, 15) is 9.59 Å². The van der Waals surface area contributed by atoms with E-state index in [0.717, 1.165) is 12.8 Å². The second kappa shape index (κ2) is 6.03. The number of carbonyl (C=O) groups excluding carboxylic acids is 2. The molecule has 4 heteroatoms. The highest BCUT2D eigenvalue weighted by atomic mass is 16.2. The highest BCUT2D eigenvalue weighted by Crippen LogP contribution is 2.25. The maximum atomic E-state index is 11.7. The lowest BCUT2D eigenvalue weighted by Gasteiger charge is -2.30. The Bertz CT molecular complexity index is 291. The van der Waals surface area contributed by atoms with Crippen LogP contribution in [0.15, 0.2) is 0 Å². The Balaban J connectivity index is 2.45. The van der Waals surface area contributed by atoms with Gasteiger partial charge in [-0.3, -0.25) is 10.1 Å². The molecule has 17 heavy (non-hydrogen) atoms. The molecule has 1 aliphatic heterocycles. The molecule has 4 nitrogen and oxygen atoms in total. The second-order valence-corrected chi connectivity index (χ2v) is 4.95. The normalized spacial score (nSPS) is 24.3. The second-order valence-electron chi connectivity index (χ2n) is 4.95. The zero-order chi connectivity index (χ0) is 12.9. The molecule has 1 saturated heterocycles. The van der Waals surface area contributed by atoms with Crippen LogP contribution in [0.5, 0.6) is 0 Å². The van der Waals surface area contributed by atoms with Gasteiger partial charge in [0.15, 0.2) is 0 Å². The van der Waals surface area contributed by atoms with Crippen molar-refractivity contribution in [3.8, 4) is 0 Å². The molecule has 0 bridgehead atoms. The third-order valence-electron chi connectivity index (χ3n) is 3.72. The molecule has 0 aliphatic carbocycles. The van der Waals surface area contributed by atoms with Gasteiger partial charge in [0.1, 0.15) is 5.54 Å². The molecular formula is C13H24N2O2. The number of amides is 3. The minimum absolute atomic E-state index is 0.154. The maximum Gasteiger partial charge on any atom is 0.325 e. The molecule has 3 amide bonds. The molecule has 1 N–H and O–H groups in total. The van der Waals surface area contributed by atoms with Gasteiger partial charge in [-0.15, -0.1) is 0 Å². The number of urea groups is 1. The predicted octanol–water partition coefficient (Wildman–Crippen LogP) is 2.68. The van der Waals surface area contributed by atoms with E-state index < -0.39 is 5.54 Å². The number of hydrogen-bond donors (Lipinski definition) is 1. The van der Waals surface area contributed by atoms with Crippen molar-refractivity contribution in [1.82, 2.24) is 10.2 Å². The lowest BCUT2D eigenvalue weighted by Crippen LogP contribution is -2.46. The van der Waals surface area contributed by atoms with Crippen molar-refractivity contribution in [1.29, 1.82) is 0 Å². The molecular weight excluding hydrogens is 216 g/mol. The summed E-state index contributed by atoms with van der Waals surface area (Å²) in [6.07, 6.45) is 6.45. The Hall–Kier alpha value is -1.06. The van der Waals surface area contributed by atoms with Gasteiger partial charge in [0.25, 0.3) is 5.91 Å². The average molecular weight is 240 g/mol. The number of nitrogens with one attached hydrogen (secondary N) is 1. The van der Waals surface area contributed by atoms with Crippen molar-refractivity contribution < 1.29 is 9.59 Å². The third-order valence-corrected chi connectivity index (χ3v) is 3.72. The highest BCUT2D eigenvalue weighted by molar-refractivity contribution is 6.06. The van der Waals surface area contributed by atoms with Gasteiger partial charge >= 0.3 is 6.03 Å². The predicted molar refractivity (Wildman–Crippen MR) is 67.7 cm³/mol. The van der Waals surface area contributed by atoms with Crippen LogP contribution in [0.2, 0.25) is 0 Å². The van der Waals surface area contributed by atoms with Crippen molar-refractivity contribution >= 4 is 11.9 Å². The summed E-state index contributed by atoms with van der Waals surface area (Å²) in [5.74, 6) is -0.154. The Labute approximate surface area is 104 Å². The van der Waals surface area contributed by atoms with Crippen molar-refractivity contribution in [2.75, 3.05) is 6.54 Å². The smallest absolute Gasteiger partial charge is 0.310 e. The van der Waals surface area contributed by atoms with Gasteiger partial charge in [0.2, 0.25) is 0 Å². The molecule has 1 rings (SSSR count). The molecule has 1 unspecified atom stereocenters. The van der Waals surface area contributed by atoms with E-state index in [-0.39, 0.29) is 11.9 Å². The lowest BCUT2D eigenvalue weighted by atomic mass is 9.97. The number of rotatable bonds is 7. The Morgan fingerprint density at radius 3 is 2.35 bits per heavy atom. The largest absolute Gasteiger partial charge is 0.325 e. The zero-order valence-corrected chi connectivity index (χ0v) is 11.2. The number of carbonyl (C=O) groups is 2. The first-order valence-corrected chi connectivity index (χ1v) is 6.69. The summed E-state index contributed by atoms with van der Waals surface area (Å²) in [5.41, 5.74) is -0.637. The third kappa shape index (κ3) is 2.99. The number of hydrogen-bond acceptors (Lipinski definition) is 2. The van der Waals surface area contributed by atoms with E-state index in [1.54, 1.807) is 4.90 Å². The topological polar surface area (TPSA) is 49.4 Å². The van der Waals surface area contributed by atoms with Crippen LogP contribution in [0.4, 0.5) is 4.79 Å². The number of imide groups is 1. The van der Waals surface area contributed by atoms with E-state index in [1.165, 1.54) is 19.3 Å². The molecule has 0 radical (unpaired) electrons. The van der Waals surface area contributed by atoms with Gasteiger partial charge in [-0.25, -0.2) is 4.79 Å². The molecule has 0 aromatic rings. The van der Waals surface area contributed by atoms with Crippen molar-refractivity contribution in [2.24, 2.45) is 0 Å². The first-order valence-electron chi connectivity index (χ1n) is 6.69. The van der Waals surface area contributed by atoms with Gasteiger partial charge in [-0.1, -0.05) is 39.5 Å². The van der Waals surface area contributed by atoms with Gasteiger partial charge < -0.3 is 4.90 Å². The van der Waals surface area contributed by atoms with Crippen LogP contribution in [0.3, 0.4) is 0 Å². The highest BCUT2D eigenvalue weighted by Gasteiger charge is 2.47. The maximum absolute atomic E-state index is 11.7. The van der Waals surface area contributed by atoms with Crippen LogP contribution >= 0.6 is 0 Å². The van der Waals surface area contributed by atoms with E-state index in [2.05, 4.69) is 12.2 Å². The molecule has 0 spiro atoms. The summed E-state index contributed by atoms with van der Waals surface area (Å²) in [6.45, 7) is 6.66. The lowest BCUT2D eigenvalue weighted by molar-refractivity contribution is -0.126. The fraction of sp³-hybridized carbons (Fsp3) is 0.846. The Kier molecular flexibility index (Phi) is 4.97. The van der Waals surface area contributed by atoms with Gasteiger partial charge in [0, 0.05) is 6.54 Å². The van der Waals surface area contributed by atoms with Crippen LogP contribution in [-0.4, -0.2) is 28.9 Å². The van der Waals surface area contributed by atoms with Gasteiger partial charge in [0.05, 0.1) is 0 Å². The number of nitrogens with zero attached hydrogens (tertiary/aromatic N) is 1. The van der Waals surface area contributed by atoms with Crippen molar-refractivity contribution in [3.05, 3.63) is 0 Å². The fourth-order valence-electron chi connectivity index (χ4n) is 2.22. The average Bonchev–Trinajstić information content (AvgIpc) is 2.52. The van der Waals surface area contributed by atoms with Gasteiger partial charge in [-0.2, -0.15) is 0 Å². The molecule has 1 aliphatic rings. The Morgan fingerprint density at radius 1 is 1.12 bits per heavy atom. The molecule has 0 aromatic carbocycles. The molecule has 98 valence electrons. The van der Waals surface area contributed by atoms with Crippen LogP contribution in [-0.2, 0) is 4.79 Å². The van der Waals surface area contributed by atoms with Crippen LogP contribution in [0.1, 0.15) is 59.3 Å². The van der Waals surface area contributed by atoms with E-state index in [4.69, 9.17) is 0 Å². The summed E-state index contributed by atoms with van der Waals surface area (Å²) in [4.78, 5) is 25.1. The zero-order valence-electron chi connectivity index (χ0n) is 11.2. The van der Waals surface area contributed by atoms with E-state index in [1.807, 2.05) is 13.8 Å². The van der Waals surface area contributed by atoms with Gasteiger partial charge in [-0.05, 0) is 19.8 Å². The van der Waals surface area contributed by atoms with Crippen LogP contribution in [0, 0.1) is 0 Å². The SMILES string of the molecule is CCCCCCCN1C(=O)NC(=O)C1(C)CC. The van der Waals surface area contributed by atoms with Crippen LogP contribution < -0.4 is 5.32 Å². The first kappa shape index (κ1) is 14.0. The molecule has 1 heterocycles. The standard InChI is InChI=1S/C13H24N2O2/c1-4-6-7-8-9-10-15-12(17)14-11(16)13(15,3)5-2/h4-10H2,1-3H3,(H,14,16,17). The first-order chi connectivity index (χ1) is 8.06. The molecule has 1 fully saturated rings. The van der Waals surface area contributed by atoms with E-state index in [0.29, 0.717) is 13.0 Å². The fourth-order valence-corrected chi connectivity index (χ4v) is 2.22.